The standard InChI is InChI=1S/C14H14BrN3S/c1-9-7-14(8-9,10-4-3-5-11(15)6-10)12-16-17-13(19)18(12)2/h3-6H,1,7-8H2,2H3,(H,17,19). The van der Waals surface area contributed by atoms with E-state index in [1.165, 1.54) is 11.1 Å². The van der Waals surface area contributed by atoms with Crippen molar-refractivity contribution < 1.29 is 0 Å². The minimum Gasteiger partial charge on any atom is -0.309 e. The molecule has 1 heterocycles. The summed E-state index contributed by atoms with van der Waals surface area (Å²) in [6, 6.07) is 8.38. The first kappa shape index (κ1) is 12.9. The zero-order valence-electron chi connectivity index (χ0n) is 10.6. The Balaban J connectivity index is 2.15. The molecule has 0 N–H and O–H groups in total. The second-order valence-electron chi connectivity index (χ2n) is 5.08. The lowest BCUT2D eigenvalue weighted by Gasteiger charge is -2.43. The highest BCUT2D eigenvalue weighted by atomic mass is 79.9. The van der Waals surface area contributed by atoms with Crippen LogP contribution in [0.5, 0.6) is 0 Å². The highest BCUT2D eigenvalue weighted by Crippen LogP contribution is 2.51. The summed E-state index contributed by atoms with van der Waals surface area (Å²) in [7, 11) is 1.96. The first-order valence-corrected chi connectivity index (χ1v) is 7.28. The average molecular weight is 336 g/mol. The number of nitrogens with zero attached hydrogens (tertiary/aromatic N) is 3. The summed E-state index contributed by atoms with van der Waals surface area (Å²) in [4.78, 5) is 0. The maximum Gasteiger partial charge on any atom is 0.187 e. The average Bonchev–Trinajstić information content (AvgIpc) is 2.66. The third kappa shape index (κ3) is 1.96. The summed E-state index contributed by atoms with van der Waals surface area (Å²) in [6.07, 6.45) is 1.84. The van der Waals surface area contributed by atoms with E-state index in [4.69, 9.17) is 0 Å². The van der Waals surface area contributed by atoms with Crippen LogP contribution in [-0.2, 0) is 12.5 Å². The Labute approximate surface area is 126 Å². The van der Waals surface area contributed by atoms with Gasteiger partial charge in [-0.15, -0.1) is 22.8 Å². The minimum absolute atomic E-state index is 0.108. The van der Waals surface area contributed by atoms with E-state index in [9.17, 15) is 0 Å². The second kappa shape index (κ2) is 4.49. The smallest absolute Gasteiger partial charge is 0.187 e. The van der Waals surface area contributed by atoms with Gasteiger partial charge in [0.2, 0.25) is 0 Å². The highest BCUT2D eigenvalue weighted by molar-refractivity contribution is 9.10. The summed E-state index contributed by atoms with van der Waals surface area (Å²) in [6.45, 7) is 4.08. The fourth-order valence-corrected chi connectivity index (χ4v) is 3.36. The molecule has 3 rings (SSSR count). The molecule has 0 saturated heterocycles. The molecule has 1 aliphatic carbocycles. The molecule has 2 aromatic rings. The van der Waals surface area contributed by atoms with E-state index >= 15 is 0 Å². The zero-order valence-corrected chi connectivity index (χ0v) is 13.1. The molecule has 0 bridgehead atoms. The number of rotatable bonds is 2. The maximum absolute atomic E-state index is 4.33. The summed E-state index contributed by atoms with van der Waals surface area (Å²) < 4.78 is 3.03. The molecule has 1 aromatic heterocycles. The van der Waals surface area contributed by atoms with Crippen LogP contribution in [0.2, 0.25) is 0 Å². The Morgan fingerprint density at radius 2 is 2.11 bits per heavy atom. The third-order valence-electron chi connectivity index (χ3n) is 3.76. The third-order valence-corrected chi connectivity index (χ3v) is 4.64. The van der Waals surface area contributed by atoms with Gasteiger partial charge >= 0.3 is 0 Å². The van der Waals surface area contributed by atoms with E-state index in [1.807, 2.05) is 17.7 Å². The molecule has 98 valence electrons. The van der Waals surface area contributed by atoms with E-state index in [1.54, 1.807) is 0 Å². The molecule has 0 unspecified atom stereocenters. The molecule has 1 fully saturated rings. The normalized spacial score (nSPS) is 17.3. The molecule has 0 spiro atoms. The largest absolute Gasteiger partial charge is 0.309 e. The second-order valence-corrected chi connectivity index (χ2v) is 6.39. The monoisotopic (exact) mass is 335 g/mol. The van der Waals surface area contributed by atoms with Crippen molar-refractivity contribution in [3.05, 3.63) is 52.3 Å². The number of aromatic nitrogens is 3. The highest BCUT2D eigenvalue weighted by Gasteiger charge is 2.46. The number of hydrogen-bond donors (Lipinski definition) is 1. The zero-order chi connectivity index (χ0) is 13.6. The van der Waals surface area contributed by atoms with E-state index in [-0.39, 0.29) is 5.41 Å². The maximum atomic E-state index is 4.33. The van der Waals surface area contributed by atoms with Gasteiger partial charge in [-0.3, -0.25) is 0 Å². The van der Waals surface area contributed by atoms with Crippen LogP contribution < -0.4 is 0 Å². The van der Waals surface area contributed by atoms with Crippen molar-refractivity contribution in [1.29, 1.82) is 0 Å². The number of allylic oxidation sites excluding steroid dienone is 1. The van der Waals surface area contributed by atoms with Gasteiger partial charge in [0, 0.05) is 11.5 Å². The van der Waals surface area contributed by atoms with Gasteiger partial charge in [-0.05, 0) is 30.5 Å². The summed E-state index contributed by atoms with van der Waals surface area (Å²) >= 11 is 7.87. The van der Waals surface area contributed by atoms with Crippen LogP contribution in [0.4, 0.5) is 0 Å². The lowest BCUT2D eigenvalue weighted by molar-refractivity contribution is 0.367. The topological polar surface area (TPSA) is 30.7 Å². The first-order valence-electron chi connectivity index (χ1n) is 6.04. The van der Waals surface area contributed by atoms with Gasteiger partial charge in [0.1, 0.15) is 5.82 Å². The quantitative estimate of drug-likeness (QED) is 0.672. The fourth-order valence-electron chi connectivity index (χ4n) is 2.82. The Morgan fingerprint density at radius 1 is 1.37 bits per heavy atom. The van der Waals surface area contributed by atoms with Crippen LogP contribution in [0, 0.1) is 0 Å². The van der Waals surface area contributed by atoms with Crippen LogP contribution in [0.3, 0.4) is 0 Å². The number of thiol groups is 1. The lowest BCUT2D eigenvalue weighted by Crippen LogP contribution is -2.39. The van der Waals surface area contributed by atoms with Crippen LogP contribution >= 0.6 is 28.6 Å². The SMILES string of the molecule is C=C1CC(c2cccc(Br)c2)(c2nnc(S)n2C)C1. The predicted molar refractivity (Wildman–Crippen MR) is 81.6 cm³/mol. The minimum atomic E-state index is -0.108. The summed E-state index contributed by atoms with van der Waals surface area (Å²) in [5.74, 6) is 0.961. The molecule has 1 aliphatic rings. The van der Waals surface area contributed by atoms with E-state index in [0.29, 0.717) is 5.16 Å². The summed E-state index contributed by atoms with van der Waals surface area (Å²) in [5.41, 5.74) is 2.39. The van der Waals surface area contributed by atoms with Gasteiger partial charge in [0.15, 0.2) is 5.16 Å². The number of halogens is 1. The molecule has 0 aliphatic heterocycles. The van der Waals surface area contributed by atoms with Gasteiger partial charge in [0.25, 0.3) is 0 Å². The van der Waals surface area contributed by atoms with E-state index < -0.39 is 0 Å². The Bertz CT molecular complexity index is 654. The van der Waals surface area contributed by atoms with Crippen molar-refractivity contribution >= 4 is 28.6 Å². The summed E-state index contributed by atoms with van der Waals surface area (Å²) in [5, 5.41) is 9.04. The van der Waals surface area contributed by atoms with Gasteiger partial charge in [-0.1, -0.05) is 40.2 Å². The van der Waals surface area contributed by atoms with Crippen molar-refractivity contribution in [2.75, 3.05) is 0 Å². The molecule has 0 atom stereocenters. The van der Waals surface area contributed by atoms with Gasteiger partial charge in [-0.2, -0.15) is 0 Å². The van der Waals surface area contributed by atoms with Crippen molar-refractivity contribution in [2.24, 2.45) is 7.05 Å². The molecule has 19 heavy (non-hydrogen) atoms. The van der Waals surface area contributed by atoms with Crippen molar-refractivity contribution in [3.63, 3.8) is 0 Å². The van der Waals surface area contributed by atoms with Gasteiger partial charge in [-0.25, -0.2) is 0 Å². The van der Waals surface area contributed by atoms with Gasteiger partial charge < -0.3 is 4.57 Å². The number of hydrogen-bond acceptors (Lipinski definition) is 3. The molecule has 1 aromatic carbocycles. The fraction of sp³-hybridized carbons (Fsp3) is 0.286. The Hall–Kier alpha value is -1.07. The molecule has 0 amide bonds. The number of benzene rings is 1. The lowest BCUT2D eigenvalue weighted by atomic mass is 9.61. The Morgan fingerprint density at radius 3 is 2.63 bits per heavy atom. The molecule has 0 radical (unpaired) electrons. The first-order chi connectivity index (χ1) is 9.03. The van der Waals surface area contributed by atoms with Crippen LogP contribution in [-0.4, -0.2) is 14.8 Å². The van der Waals surface area contributed by atoms with Crippen molar-refractivity contribution in [3.8, 4) is 0 Å². The van der Waals surface area contributed by atoms with E-state index in [0.717, 1.165) is 23.1 Å². The van der Waals surface area contributed by atoms with Gasteiger partial charge in [0.05, 0.1) is 5.41 Å². The van der Waals surface area contributed by atoms with Crippen LogP contribution in [0.25, 0.3) is 0 Å². The molecule has 3 nitrogen and oxygen atoms in total. The Kier molecular flexibility index (Phi) is 3.06. The van der Waals surface area contributed by atoms with E-state index in [2.05, 4.69) is 63.5 Å². The van der Waals surface area contributed by atoms with Crippen molar-refractivity contribution in [1.82, 2.24) is 14.8 Å². The van der Waals surface area contributed by atoms with Crippen LogP contribution in [0.1, 0.15) is 24.2 Å². The molecular formula is C14H14BrN3S. The molecular weight excluding hydrogens is 322 g/mol. The van der Waals surface area contributed by atoms with Crippen LogP contribution in [0.15, 0.2) is 46.0 Å². The van der Waals surface area contributed by atoms with Crippen molar-refractivity contribution in [2.45, 2.75) is 23.4 Å². The molecule has 1 saturated carbocycles. The predicted octanol–water partition coefficient (Wildman–Crippen LogP) is 3.50. The molecule has 5 heteroatoms.